The first-order chi connectivity index (χ1) is 21.6. The molecule has 15 atom stereocenters. The number of rotatable bonds is 8. The molecule has 46 heavy (non-hydrogen) atoms. The topological polar surface area (TPSA) is 80.3 Å². The molecule has 7 rings (SSSR count). The summed E-state index contributed by atoms with van der Waals surface area (Å²) in [6.45, 7) is 20.7. The predicted octanol–water partition coefficient (Wildman–Crippen LogP) is 8.06. The van der Waals surface area contributed by atoms with Crippen molar-refractivity contribution in [2.45, 2.75) is 161 Å². The quantitative estimate of drug-likeness (QED) is 0.187. The summed E-state index contributed by atoms with van der Waals surface area (Å²) in [5.74, 6) is 1.93. The van der Waals surface area contributed by atoms with Gasteiger partial charge in [-0.05, 0) is 97.2 Å². The summed E-state index contributed by atoms with van der Waals surface area (Å²) < 4.78 is 32.0. The maximum atomic E-state index is 14.4. The SMILES string of the molecule is CC(C)[C@@H]1CC[C@@H](C)C[C@H]1O[C@@H]1OC(=O)[C@]2(Br)[C@H]1[C@@]21C(=O)O[C@@H](O[C@@H]2C[C@H](C)CC[C@H]2C(C)C)[C@@H]1O[C@H]1CC2CCC1(C)C2(C)C. The van der Waals surface area contributed by atoms with E-state index in [0.29, 0.717) is 41.4 Å². The highest BCUT2D eigenvalue weighted by Gasteiger charge is 2.97. The Hall–Kier alpha value is -0.700. The van der Waals surface area contributed by atoms with Crippen molar-refractivity contribution in [3.8, 4) is 0 Å². The van der Waals surface area contributed by atoms with Crippen LogP contribution in [0.25, 0.3) is 0 Å². The normalized spacial score (nSPS) is 52.4. The molecule has 2 aliphatic heterocycles. The molecule has 0 radical (unpaired) electrons. The van der Waals surface area contributed by atoms with Crippen molar-refractivity contribution >= 4 is 27.9 Å². The zero-order chi connectivity index (χ0) is 33.1. The van der Waals surface area contributed by atoms with Crippen LogP contribution in [-0.2, 0) is 33.3 Å². The van der Waals surface area contributed by atoms with Gasteiger partial charge in [0.25, 0.3) is 0 Å². The van der Waals surface area contributed by atoms with Crippen molar-refractivity contribution in [3.63, 3.8) is 0 Å². The van der Waals surface area contributed by atoms with E-state index in [1.54, 1.807) is 0 Å². The van der Waals surface area contributed by atoms with Gasteiger partial charge in [0.05, 0.1) is 24.2 Å². The highest BCUT2D eigenvalue weighted by molar-refractivity contribution is 9.10. The maximum absolute atomic E-state index is 14.4. The lowest BCUT2D eigenvalue weighted by molar-refractivity contribution is -0.234. The Bertz CT molecular complexity index is 1220. The Morgan fingerprint density at radius 2 is 1.28 bits per heavy atom. The number of alkyl halides is 1. The first kappa shape index (κ1) is 33.8. The molecule has 2 saturated heterocycles. The van der Waals surface area contributed by atoms with Crippen LogP contribution >= 0.6 is 15.9 Å². The summed E-state index contributed by atoms with van der Waals surface area (Å²) in [6.07, 6.45) is 7.12. The van der Waals surface area contributed by atoms with Crippen LogP contribution in [0.5, 0.6) is 0 Å². The Balaban J connectivity index is 1.22. The molecule has 0 N–H and O–H groups in total. The van der Waals surface area contributed by atoms with E-state index in [1.165, 1.54) is 19.3 Å². The number of carbonyl (C=O) groups excluding carboxylic acids is 2. The summed E-state index contributed by atoms with van der Waals surface area (Å²) in [5, 5.41) is 0. The number of cyclic esters (lactones) is 2. The number of halogens is 1. The standard InChI is InChI=1S/C38H59BrO7/c1-19(2)24-12-10-21(5)16-26(24)42-31-29-37(38(29,39)34(41)45-31)30(44-28-18-23-14-15-36(28,9)35(23,7)8)32(46-33(37)40)43-27-17-22(6)11-13-25(27)20(3)4/h19-32H,10-18H2,1-9H3/t21-,22-,23?,24+,25+,26-,27-,28+,29-,30+,31-,32-,36?,37-,38-/m1/s1. The van der Waals surface area contributed by atoms with Gasteiger partial charge in [-0.25, -0.2) is 0 Å². The molecule has 1 spiro atoms. The molecule has 2 unspecified atom stereocenters. The summed E-state index contributed by atoms with van der Waals surface area (Å²) in [4.78, 5) is 28.3. The van der Waals surface area contributed by atoms with Crippen molar-refractivity contribution in [3.05, 3.63) is 0 Å². The lowest BCUT2D eigenvalue weighted by atomic mass is 9.70. The van der Waals surface area contributed by atoms with Crippen molar-refractivity contribution in [1.82, 2.24) is 0 Å². The zero-order valence-corrected chi connectivity index (χ0v) is 31.3. The van der Waals surface area contributed by atoms with Gasteiger partial charge in [-0.2, -0.15) is 0 Å². The number of ether oxygens (including phenoxy) is 5. The van der Waals surface area contributed by atoms with Gasteiger partial charge in [0.1, 0.15) is 11.5 Å². The molecule has 2 bridgehead atoms. The van der Waals surface area contributed by atoms with Crippen molar-refractivity contribution in [2.75, 3.05) is 0 Å². The minimum absolute atomic E-state index is 0.0290. The molecule has 0 aromatic rings. The Labute approximate surface area is 285 Å². The first-order valence-corrected chi connectivity index (χ1v) is 19.4. The van der Waals surface area contributed by atoms with Crippen LogP contribution in [0.3, 0.4) is 0 Å². The Morgan fingerprint density at radius 1 is 0.739 bits per heavy atom. The van der Waals surface area contributed by atoms with Gasteiger partial charge in [-0.15, -0.1) is 0 Å². The highest BCUT2D eigenvalue weighted by Crippen LogP contribution is 2.79. The number of esters is 2. The van der Waals surface area contributed by atoms with Gasteiger partial charge < -0.3 is 23.7 Å². The number of carbonyl (C=O) groups is 2. The molecule has 7 nitrogen and oxygen atoms in total. The van der Waals surface area contributed by atoms with Crippen molar-refractivity contribution in [2.24, 2.45) is 63.6 Å². The average molecular weight is 708 g/mol. The van der Waals surface area contributed by atoms with E-state index in [-0.39, 0.29) is 29.1 Å². The monoisotopic (exact) mass is 706 g/mol. The lowest BCUT2D eigenvalue weighted by Crippen LogP contribution is -2.49. The van der Waals surface area contributed by atoms with E-state index in [0.717, 1.165) is 38.5 Å². The average Bonchev–Trinajstić information content (AvgIpc) is 3.04. The van der Waals surface area contributed by atoms with E-state index in [4.69, 9.17) is 23.7 Å². The van der Waals surface area contributed by atoms with Gasteiger partial charge in [0.2, 0.25) is 12.6 Å². The third-order valence-electron chi connectivity index (χ3n) is 15.1. The first-order valence-electron chi connectivity index (χ1n) is 18.6. The van der Waals surface area contributed by atoms with Crippen LogP contribution in [0.15, 0.2) is 0 Å². The Kier molecular flexibility index (Phi) is 8.38. The van der Waals surface area contributed by atoms with Gasteiger partial charge in [0, 0.05) is 0 Å². The second kappa shape index (κ2) is 11.4. The van der Waals surface area contributed by atoms with Gasteiger partial charge >= 0.3 is 11.9 Å². The molecule has 5 aliphatic carbocycles. The molecule has 0 aromatic carbocycles. The molecule has 260 valence electrons. The molecule has 0 aromatic heterocycles. The molecule has 8 heteroatoms. The van der Waals surface area contributed by atoms with Crippen LogP contribution in [0.4, 0.5) is 0 Å². The van der Waals surface area contributed by atoms with E-state index < -0.39 is 46.3 Å². The molecule has 5 saturated carbocycles. The number of hydrogen-bond donors (Lipinski definition) is 0. The molecular formula is C38H59BrO7. The second-order valence-corrected chi connectivity index (χ2v) is 19.5. The van der Waals surface area contributed by atoms with Crippen LogP contribution in [0.2, 0.25) is 0 Å². The number of fused-ring (bicyclic) bond motifs is 5. The predicted molar refractivity (Wildman–Crippen MR) is 178 cm³/mol. The smallest absolute Gasteiger partial charge is 0.327 e. The molecule has 0 amide bonds. The maximum Gasteiger partial charge on any atom is 0.327 e. The number of hydrogen-bond acceptors (Lipinski definition) is 7. The molecule has 7 fully saturated rings. The Morgan fingerprint density at radius 3 is 1.78 bits per heavy atom. The van der Waals surface area contributed by atoms with E-state index in [1.807, 2.05) is 0 Å². The van der Waals surface area contributed by atoms with Crippen molar-refractivity contribution in [1.29, 1.82) is 0 Å². The fourth-order valence-corrected chi connectivity index (χ4v) is 12.7. The zero-order valence-electron chi connectivity index (χ0n) is 29.7. The molecule has 2 heterocycles. The van der Waals surface area contributed by atoms with Crippen LogP contribution in [-0.4, -0.2) is 53.3 Å². The second-order valence-electron chi connectivity index (χ2n) is 18.3. The van der Waals surface area contributed by atoms with Crippen LogP contribution in [0, 0.1) is 63.6 Å². The fraction of sp³-hybridized carbons (Fsp3) is 0.947. The largest absolute Gasteiger partial charge is 0.434 e. The van der Waals surface area contributed by atoms with E-state index in [9.17, 15) is 9.59 Å². The minimum Gasteiger partial charge on any atom is -0.434 e. The van der Waals surface area contributed by atoms with Gasteiger partial charge in [0.15, 0.2) is 4.32 Å². The highest BCUT2D eigenvalue weighted by atomic mass is 79.9. The summed E-state index contributed by atoms with van der Waals surface area (Å²) in [5.41, 5.74) is -1.15. The van der Waals surface area contributed by atoms with E-state index >= 15 is 0 Å². The van der Waals surface area contributed by atoms with Gasteiger partial charge in [-0.3, -0.25) is 9.59 Å². The third-order valence-corrected chi connectivity index (χ3v) is 16.5. The minimum atomic E-state index is -1.25. The van der Waals surface area contributed by atoms with Gasteiger partial charge in [-0.1, -0.05) is 91.1 Å². The fourth-order valence-electron chi connectivity index (χ4n) is 11.5. The van der Waals surface area contributed by atoms with Crippen LogP contribution in [0.1, 0.15) is 120 Å². The summed E-state index contributed by atoms with van der Waals surface area (Å²) >= 11 is 3.84. The summed E-state index contributed by atoms with van der Waals surface area (Å²) in [7, 11) is 0. The van der Waals surface area contributed by atoms with Crippen molar-refractivity contribution < 1.29 is 33.3 Å². The molecular weight excluding hydrogens is 648 g/mol. The summed E-state index contributed by atoms with van der Waals surface area (Å²) in [6, 6.07) is 0. The molecule has 7 aliphatic rings. The van der Waals surface area contributed by atoms with Crippen LogP contribution < -0.4 is 0 Å². The van der Waals surface area contributed by atoms with E-state index in [2.05, 4.69) is 78.2 Å². The third kappa shape index (κ3) is 4.63. The lowest BCUT2D eigenvalue weighted by Gasteiger charge is -2.42.